The number of carbonyl (C=O) groups excluding carboxylic acids is 2. The normalized spacial score (nSPS) is 14.8. The standard InChI is InChI=1S/C19H21NO3S2/c1-2-3-4-5-10-20-18(21)16(15-9-7-12-24-15)17(19(20)22)25-13-14-8-6-11-23-14/h6-9,11-12H,2-5,10,13H2,1H3. The Balaban J connectivity index is 1.78. The summed E-state index contributed by atoms with van der Waals surface area (Å²) in [5, 5.41) is 1.93. The van der Waals surface area contributed by atoms with Crippen LogP contribution in [-0.4, -0.2) is 23.3 Å². The van der Waals surface area contributed by atoms with Crippen molar-refractivity contribution in [2.24, 2.45) is 0 Å². The van der Waals surface area contributed by atoms with Crippen molar-refractivity contribution in [3.8, 4) is 0 Å². The van der Waals surface area contributed by atoms with Crippen molar-refractivity contribution < 1.29 is 14.0 Å². The molecule has 2 amide bonds. The van der Waals surface area contributed by atoms with Crippen LogP contribution in [0, 0.1) is 0 Å². The molecule has 132 valence electrons. The number of imide groups is 1. The summed E-state index contributed by atoms with van der Waals surface area (Å²) < 4.78 is 5.35. The van der Waals surface area contributed by atoms with Crippen molar-refractivity contribution in [1.29, 1.82) is 0 Å². The van der Waals surface area contributed by atoms with E-state index in [9.17, 15) is 9.59 Å². The number of carbonyl (C=O) groups is 2. The highest BCUT2D eigenvalue weighted by Gasteiger charge is 2.39. The number of hydrogen-bond donors (Lipinski definition) is 0. The van der Waals surface area contributed by atoms with E-state index >= 15 is 0 Å². The molecule has 6 heteroatoms. The first-order chi connectivity index (χ1) is 12.2. The van der Waals surface area contributed by atoms with Gasteiger partial charge in [-0.2, -0.15) is 0 Å². The van der Waals surface area contributed by atoms with E-state index in [1.54, 1.807) is 6.26 Å². The predicted molar refractivity (Wildman–Crippen MR) is 102 cm³/mol. The first kappa shape index (κ1) is 18.0. The fourth-order valence-electron chi connectivity index (χ4n) is 2.76. The van der Waals surface area contributed by atoms with Gasteiger partial charge in [-0.25, -0.2) is 0 Å². The zero-order valence-electron chi connectivity index (χ0n) is 14.2. The Labute approximate surface area is 155 Å². The Hall–Kier alpha value is -1.79. The van der Waals surface area contributed by atoms with E-state index in [0.29, 0.717) is 22.8 Å². The van der Waals surface area contributed by atoms with Crippen molar-refractivity contribution in [3.63, 3.8) is 0 Å². The highest BCUT2D eigenvalue weighted by molar-refractivity contribution is 8.03. The summed E-state index contributed by atoms with van der Waals surface area (Å²) in [4.78, 5) is 28.5. The van der Waals surface area contributed by atoms with Gasteiger partial charge in [0.2, 0.25) is 0 Å². The summed E-state index contributed by atoms with van der Waals surface area (Å²) in [5.41, 5.74) is 0.548. The number of amides is 2. The zero-order chi connectivity index (χ0) is 17.6. The maximum atomic E-state index is 12.9. The van der Waals surface area contributed by atoms with Crippen molar-refractivity contribution in [2.45, 2.75) is 38.4 Å². The minimum absolute atomic E-state index is 0.161. The van der Waals surface area contributed by atoms with Gasteiger partial charge in [-0.05, 0) is 30.0 Å². The smallest absolute Gasteiger partial charge is 0.268 e. The summed E-state index contributed by atoms with van der Waals surface area (Å²) in [6.45, 7) is 2.64. The number of unbranched alkanes of at least 4 members (excludes halogenated alkanes) is 3. The SMILES string of the molecule is CCCCCCN1C(=O)C(SCc2ccco2)=C(c2cccs2)C1=O. The first-order valence-electron chi connectivity index (χ1n) is 8.52. The highest BCUT2D eigenvalue weighted by atomic mass is 32.2. The van der Waals surface area contributed by atoms with E-state index in [0.717, 1.165) is 36.3 Å². The third kappa shape index (κ3) is 4.07. The lowest BCUT2D eigenvalue weighted by atomic mass is 10.2. The Morgan fingerprint density at radius 3 is 2.68 bits per heavy atom. The number of thioether (sulfide) groups is 1. The average molecular weight is 376 g/mol. The maximum Gasteiger partial charge on any atom is 0.268 e. The van der Waals surface area contributed by atoms with Crippen LogP contribution in [0.1, 0.15) is 43.2 Å². The molecule has 1 aliphatic heterocycles. The quantitative estimate of drug-likeness (QED) is 0.460. The first-order valence-corrected chi connectivity index (χ1v) is 10.4. The van der Waals surface area contributed by atoms with E-state index in [-0.39, 0.29) is 11.8 Å². The molecule has 0 radical (unpaired) electrons. The zero-order valence-corrected chi connectivity index (χ0v) is 15.8. The van der Waals surface area contributed by atoms with Crippen LogP contribution < -0.4 is 0 Å². The Morgan fingerprint density at radius 1 is 1.12 bits per heavy atom. The summed E-state index contributed by atoms with van der Waals surface area (Å²) in [7, 11) is 0. The number of hydrogen-bond acceptors (Lipinski definition) is 5. The molecule has 25 heavy (non-hydrogen) atoms. The molecule has 4 nitrogen and oxygen atoms in total. The van der Waals surface area contributed by atoms with Crippen LogP contribution >= 0.6 is 23.1 Å². The van der Waals surface area contributed by atoms with E-state index < -0.39 is 0 Å². The summed E-state index contributed by atoms with van der Waals surface area (Å²) >= 11 is 2.88. The monoisotopic (exact) mass is 375 g/mol. The second-order valence-electron chi connectivity index (χ2n) is 5.87. The molecule has 0 saturated heterocycles. The molecule has 0 fully saturated rings. The molecule has 3 rings (SSSR count). The summed E-state index contributed by atoms with van der Waals surface area (Å²) in [5.74, 6) is 1.01. The van der Waals surface area contributed by atoms with Gasteiger partial charge in [-0.1, -0.05) is 32.3 Å². The average Bonchev–Trinajstić information content (AvgIpc) is 3.34. The van der Waals surface area contributed by atoms with Crippen LogP contribution in [0.2, 0.25) is 0 Å². The highest BCUT2D eigenvalue weighted by Crippen LogP contribution is 2.39. The molecule has 0 N–H and O–H groups in total. The van der Waals surface area contributed by atoms with Crippen LogP contribution in [0.25, 0.3) is 5.57 Å². The molecule has 1 aliphatic rings. The van der Waals surface area contributed by atoms with Crippen LogP contribution in [0.4, 0.5) is 0 Å². The van der Waals surface area contributed by atoms with Gasteiger partial charge in [0.05, 0.1) is 22.5 Å². The number of thiophene rings is 1. The molecule has 2 aromatic heterocycles. The van der Waals surface area contributed by atoms with Crippen LogP contribution in [0.5, 0.6) is 0 Å². The third-order valence-electron chi connectivity index (χ3n) is 4.07. The van der Waals surface area contributed by atoms with Crippen LogP contribution in [0.15, 0.2) is 45.2 Å². The molecule has 2 aromatic rings. The minimum Gasteiger partial charge on any atom is -0.468 e. The van der Waals surface area contributed by atoms with Gasteiger partial charge in [0.25, 0.3) is 11.8 Å². The molecule has 0 spiro atoms. The molecule has 0 unspecified atom stereocenters. The number of nitrogens with zero attached hydrogens (tertiary/aromatic N) is 1. The van der Waals surface area contributed by atoms with Gasteiger partial charge in [0.15, 0.2) is 0 Å². The Kier molecular flexibility index (Phi) is 6.15. The molecule has 0 saturated carbocycles. The third-order valence-corrected chi connectivity index (χ3v) is 6.05. The molecule has 0 bridgehead atoms. The molecular formula is C19H21NO3S2. The van der Waals surface area contributed by atoms with Crippen molar-refractivity contribution in [3.05, 3.63) is 51.5 Å². The maximum absolute atomic E-state index is 12.9. The van der Waals surface area contributed by atoms with Crippen molar-refractivity contribution in [2.75, 3.05) is 6.54 Å². The lowest BCUT2D eigenvalue weighted by Crippen LogP contribution is -2.32. The predicted octanol–water partition coefficient (Wildman–Crippen LogP) is 4.93. The van der Waals surface area contributed by atoms with Gasteiger partial charge in [0, 0.05) is 11.4 Å². The second kappa shape index (κ2) is 8.54. The number of rotatable bonds is 9. The Morgan fingerprint density at radius 2 is 2.00 bits per heavy atom. The van der Waals surface area contributed by atoms with E-state index in [1.807, 2.05) is 29.6 Å². The summed E-state index contributed by atoms with van der Waals surface area (Å²) in [6.07, 6.45) is 5.77. The van der Waals surface area contributed by atoms with Crippen LogP contribution in [0.3, 0.4) is 0 Å². The summed E-state index contributed by atoms with van der Waals surface area (Å²) in [6, 6.07) is 7.51. The van der Waals surface area contributed by atoms with E-state index in [1.165, 1.54) is 28.0 Å². The topological polar surface area (TPSA) is 50.5 Å². The fourth-order valence-corrected chi connectivity index (χ4v) is 4.62. The fraction of sp³-hybridized carbons (Fsp3) is 0.368. The second-order valence-corrected chi connectivity index (χ2v) is 7.81. The molecular weight excluding hydrogens is 354 g/mol. The molecule has 3 heterocycles. The molecule has 0 atom stereocenters. The lowest BCUT2D eigenvalue weighted by Gasteiger charge is -2.14. The molecule has 0 aliphatic carbocycles. The van der Waals surface area contributed by atoms with Gasteiger partial charge < -0.3 is 4.42 Å². The van der Waals surface area contributed by atoms with E-state index in [4.69, 9.17) is 4.42 Å². The van der Waals surface area contributed by atoms with Gasteiger partial charge in [-0.15, -0.1) is 23.1 Å². The lowest BCUT2D eigenvalue weighted by molar-refractivity contribution is -0.136. The largest absolute Gasteiger partial charge is 0.468 e. The molecule has 0 aromatic carbocycles. The Bertz CT molecular complexity index is 748. The van der Waals surface area contributed by atoms with Gasteiger partial charge >= 0.3 is 0 Å². The van der Waals surface area contributed by atoms with Crippen molar-refractivity contribution >= 4 is 40.5 Å². The van der Waals surface area contributed by atoms with Crippen LogP contribution in [-0.2, 0) is 15.3 Å². The van der Waals surface area contributed by atoms with E-state index in [2.05, 4.69) is 6.92 Å². The van der Waals surface area contributed by atoms with Gasteiger partial charge in [0.1, 0.15) is 5.76 Å². The van der Waals surface area contributed by atoms with Crippen molar-refractivity contribution in [1.82, 2.24) is 4.90 Å². The van der Waals surface area contributed by atoms with Gasteiger partial charge in [-0.3, -0.25) is 14.5 Å². The minimum atomic E-state index is -0.165. The number of furan rings is 1.